The molecule has 6 nitrogen and oxygen atoms in total. The van der Waals surface area contributed by atoms with Gasteiger partial charge in [-0.05, 0) is 50.0 Å². The molecule has 2 aliphatic rings. The molecular formula is C20H29N3O3S. The Kier molecular flexibility index (Phi) is 6.99. The van der Waals surface area contributed by atoms with Gasteiger partial charge in [0.1, 0.15) is 16.9 Å². The molecule has 0 unspecified atom stereocenters. The van der Waals surface area contributed by atoms with Gasteiger partial charge in [-0.25, -0.2) is 9.78 Å². The maximum absolute atomic E-state index is 12.8. The molecule has 2 N–H and O–H groups in total. The van der Waals surface area contributed by atoms with Crippen molar-refractivity contribution in [3.63, 3.8) is 0 Å². The molecule has 0 spiro atoms. The summed E-state index contributed by atoms with van der Waals surface area (Å²) in [6.07, 6.45) is 8.16. The molecule has 7 heteroatoms. The second kappa shape index (κ2) is 9.44. The lowest BCUT2D eigenvalue weighted by atomic mass is 9.95. The van der Waals surface area contributed by atoms with Crippen LogP contribution in [0.25, 0.3) is 0 Å². The maximum Gasteiger partial charge on any atom is 0.326 e. The van der Waals surface area contributed by atoms with Crippen LogP contribution in [0.1, 0.15) is 68.6 Å². The van der Waals surface area contributed by atoms with E-state index in [0.717, 1.165) is 31.4 Å². The monoisotopic (exact) mass is 391 g/mol. The largest absolute Gasteiger partial charge is 0.480 e. The molecule has 1 amide bonds. The van der Waals surface area contributed by atoms with Gasteiger partial charge in [0.15, 0.2) is 0 Å². The van der Waals surface area contributed by atoms with E-state index in [1.54, 1.807) is 17.8 Å². The van der Waals surface area contributed by atoms with Gasteiger partial charge in [0.25, 0.3) is 5.91 Å². The average molecular weight is 392 g/mol. The summed E-state index contributed by atoms with van der Waals surface area (Å²) < 4.78 is 0. The fourth-order valence-electron chi connectivity index (χ4n) is 3.88. The van der Waals surface area contributed by atoms with Crippen LogP contribution < -0.4 is 10.2 Å². The summed E-state index contributed by atoms with van der Waals surface area (Å²) in [7, 11) is 0. The van der Waals surface area contributed by atoms with Crippen molar-refractivity contribution in [2.75, 3.05) is 17.2 Å². The molecule has 3 rings (SSSR count). The molecule has 148 valence electrons. The van der Waals surface area contributed by atoms with Crippen molar-refractivity contribution >= 4 is 29.5 Å². The van der Waals surface area contributed by atoms with Crippen LogP contribution in [0.3, 0.4) is 0 Å². The molecule has 1 saturated carbocycles. The van der Waals surface area contributed by atoms with Crippen molar-refractivity contribution in [3.05, 3.63) is 17.7 Å². The minimum Gasteiger partial charge on any atom is -0.480 e. The number of pyridine rings is 1. The van der Waals surface area contributed by atoms with Crippen molar-refractivity contribution in [1.29, 1.82) is 0 Å². The third-order valence-electron chi connectivity index (χ3n) is 5.31. The predicted molar refractivity (Wildman–Crippen MR) is 108 cm³/mol. The number of anilines is 1. The number of nitrogens with one attached hydrogen (secondary N) is 1. The molecule has 1 atom stereocenters. The second-order valence-corrected chi connectivity index (χ2v) is 8.45. The Morgan fingerprint density at radius 2 is 2.00 bits per heavy atom. The van der Waals surface area contributed by atoms with E-state index in [-0.39, 0.29) is 11.9 Å². The first-order chi connectivity index (χ1) is 13.1. The number of hydrogen-bond acceptors (Lipinski definition) is 5. The molecule has 1 aromatic rings. The van der Waals surface area contributed by atoms with E-state index in [1.807, 2.05) is 11.0 Å². The summed E-state index contributed by atoms with van der Waals surface area (Å²) in [6.45, 7) is 2.79. The first-order valence-corrected chi connectivity index (χ1v) is 11.0. The molecule has 2 heterocycles. The maximum atomic E-state index is 12.8. The highest BCUT2D eigenvalue weighted by Gasteiger charge is 2.32. The number of carbonyl (C=O) groups is 2. The summed E-state index contributed by atoms with van der Waals surface area (Å²) in [5, 5.41) is 13.3. The van der Waals surface area contributed by atoms with Crippen LogP contribution in [-0.4, -0.2) is 46.3 Å². The summed E-state index contributed by atoms with van der Waals surface area (Å²) in [5.74, 6) is 0.669. The van der Waals surface area contributed by atoms with Gasteiger partial charge in [0, 0.05) is 12.6 Å². The van der Waals surface area contributed by atoms with Crippen LogP contribution >= 0.6 is 11.8 Å². The Morgan fingerprint density at radius 1 is 1.22 bits per heavy atom. The van der Waals surface area contributed by atoms with E-state index in [1.165, 1.54) is 19.3 Å². The number of aliphatic carboxylic acids is 1. The standard InChI is InChI=1S/C20H29N3O3S/c1-2-13-27-19-15(18(24)21-14-7-4-3-5-8-14)10-11-17(22-19)23-12-6-9-16(23)20(25)26/h10-11,14,16H,2-9,12-13H2,1H3,(H,21,24)(H,25,26)/t16-/m0/s1. The van der Waals surface area contributed by atoms with Crippen molar-refractivity contribution in [2.45, 2.75) is 75.4 Å². The van der Waals surface area contributed by atoms with Gasteiger partial charge in [0.05, 0.1) is 5.56 Å². The van der Waals surface area contributed by atoms with Gasteiger partial charge in [-0.1, -0.05) is 26.2 Å². The summed E-state index contributed by atoms with van der Waals surface area (Å²) in [5.41, 5.74) is 0.605. The van der Waals surface area contributed by atoms with Gasteiger partial charge < -0.3 is 15.3 Å². The summed E-state index contributed by atoms with van der Waals surface area (Å²) in [4.78, 5) is 30.9. The van der Waals surface area contributed by atoms with E-state index in [2.05, 4.69) is 12.2 Å². The lowest BCUT2D eigenvalue weighted by Gasteiger charge is -2.25. The molecular weight excluding hydrogens is 362 g/mol. The highest BCUT2D eigenvalue weighted by Crippen LogP contribution is 2.29. The fourth-order valence-corrected chi connectivity index (χ4v) is 4.75. The molecule has 1 saturated heterocycles. The first-order valence-electron chi connectivity index (χ1n) is 10.0. The van der Waals surface area contributed by atoms with E-state index >= 15 is 0 Å². The number of carboxylic acids is 1. The molecule has 0 bridgehead atoms. The zero-order chi connectivity index (χ0) is 19.2. The number of carboxylic acid groups (broad SMARTS) is 1. The highest BCUT2D eigenvalue weighted by molar-refractivity contribution is 7.99. The zero-order valence-corrected chi connectivity index (χ0v) is 16.8. The highest BCUT2D eigenvalue weighted by atomic mass is 32.2. The molecule has 1 aliphatic heterocycles. The molecule has 0 aromatic carbocycles. The van der Waals surface area contributed by atoms with Crippen molar-refractivity contribution in [2.24, 2.45) is 0 Å². The fraction of sp³-hybridized carbons (Fsp3) is 0.650. The number of carbonyl (C=O) groups excluding carboxylic acids is 1. The summed E-state index contributed by atoms with van der Waals surface area (Å²) in [6, 6.07) is 3.34. The van der Waals surface area contributed by atoms with Crippen LogP contribution in [-0.2, 0) is 4.79 Å². The Labute approximate surface area is 165 Å². The van der Waals surface area contributed by atoms with Gasteiger partial charge in [0.2, 0.25) is 0 Å². The van der Waals surface area contributed by atoms with E-state index in [9.17, 15) is 14.7 Å². The molecule has 1 aliphatic carbocycles. The van der Waals surface area contributed by atoms with Crippen LogP contribution in [0.4, 0.5) is 5.82 Å². The van der Waals surface area contributed by atoms with Crippen LogP contribution in [0, 0.1) is 0 Å². The van der Waals surface area contributed by atoms with E-state index in [0.29, 0.717) is 29.4 Å². The second-order valence-electron chi connectivity index (χ2n) is 7.37. The van der Waals surface area contributed by atoms with Crippen molar-refractivity contribution in [3.8, 4) is 0 Å². The quantitative estimate of drug-likeness (QED) is 0.690. The minimum atomic E-state index is -0.809. The predicted octanol–water partition coefficient (Wildman–Crippen LogP) is 3.70. The Bertz CT molecular complexity index is 676. The SMILES string of the molecule is CCCSc1nc(N2CCC[C@H]2C(=O)O)ccc1C(=O)NC1CCCCC1. The first kappa shape index (κ1) is 20.0. The van der Waals surface area contributed by atoms with Gasteiger partial charge in [-0.2, -0.15) is 0 Å². The molecule has 2 fully saturated rings. The smallest absolute Gasteiger partial charge is 0.326 e. The topological polar surface area (TPSA) is 82.5 Å². The number of hydrogen-bond donors (Lipinski definition) is 2. The Morgan fingerprint density at radius 3 is 2.70 bits per heavy atom. The minimum absolute atomic E-state index is 0.0595. The number of amides is 1. The Hall–Kier alpha value is -1.76. The summed E-state index contributed by atoms with van der Waals surface area (Å²) >= 11 is 1.57. The van der Waals surface area contributed by atoms with Crippen molar-refractivity contribution in [1.82, 2.24) is 10.3 Å². The Balaban J connectivity index is 1.80. The van der Waals surface area contributed by atoms with Crippen molar-refractivity contribution < 1.29 is 14.7 Å². The number of nitrogens with zero attached hydrogens (tertiary/aromatic N) is 2. The van der Waals surface area contributed by atoms with Crippen LogP contribution in [0.5, 0.6) is 0 Å². The average Bonchev–Trinajstić information content (AvgIpc) is 3.17. The van der Waals surface area contributed by atoms with E-state index < -0.39 is 12.0 Å². The number of rotatable bonds is 7. The normalized spacial score (nSPS) is 20.6. The molecule has 27 heavy (non-hydrogen) atoms. The third kappa shape index (κ3) is 4.94. The van der Waals surface area contributed by atoms with Crippen LogP contribution in [0.2, 0.25) is 0 Å². The molecule has 1 aromatic heterocycles. The van der Waals surface area contributed by atoms with Crippen LogP contribution in [0.15, 0.2) is 17.2 Å². The lowest BCUT2D eigenvalue weighted by molar-refractivity contribution is -0.138. The van der Waals surface area contributed by atoms with Gasteiger partial charge in [-0.15, -0.1) is 11.8 Å². The third-order valence-corrected chi connectivity index (χ3v) is 6.50. The lowest BCUT2D eigenvalue weighted by Crippen LogP contribution is -2.37. The molecule has 0 radical (unpaired) electrons. The number of aromatic nitrogens is 1. The number of thioether (sulfide) groups is 1. The zero-order valence-electron chi connectivity index (χ0n) is 15.9. The van der Waals surface area contributed by atoms with Gasteiger partial charge in [-0.3, -0.25) is 4.79 Å². The van der Waals surface area contributed by atoms with E-state index in [4.69, 9.17) is 4.98 Å². The van der Waals surface area contributed by atoms with Gasteiger partial charge >= 0.3 is 5.97 Å².